The Hall–Kier alpha value is -5.25. The number of hydrogen-bond donors (Lipinski definition) is 3. The van der Waals surface area contributed by atoms with Crippen LogP contribution in [0.3, 0.4) is 0 Å². The summed E-state index contributed by atoms with van der Waals surface area (Å²) >= 11 is 0. The summed E-state index contributed by atoms with van der Waals surface area (Å²) in [5.74, 6) is 0.429. The first-order valence-corrected chi connectivity index (χ1v) is 12.8. The number of rotatable bonds is 9. The SMILES string of the molecule is CC(=O)NCCCc1ccc(/C(Nc2ccc(-c3nccn3C)cc2)=C2/C(=O)Nc3ccc([N+](=O)[O-])cc32)cc1. The van der Waals surface area contributed by atoms with Gasteiger partial charge in [0.2, 0.25) is 5.91 Å². The van der Waals surface area contributed by atoms with E-state index in [2.05, 4.69) is 20.9 Å². The van der Waals surface area contributed by atoms with E-state index in [0.29, 0.717) is 29.1 Å². The first kappa shape index (κ1) is 26.4. The van der Waals surface area contributed by atoms with Crippen LogP contribution in [0.15, 0.2) is 79.1 Å². The van der Waals surface area contributed by atoms with E-state index in [4.69, 9.17) is 0 Å². The van der Waals surface area contributed by atoms with E-state index in [1.165, 1.54) is 19.1 Å². The highest BCUT2D eigenvalue weighted by molar-refractivity contribution is 6.37. The van der Waals surface area contributed by atoms with Gasteiger partial charge in [-0.05, 0) is 54.3 Å². The molecule has 10 nitrogen and oxygen atoms in total. The lowest BCUT2D eigenvalue weighted by Gasteiger charge is -2.16. The maximum absolute atomic E-state index is 13.2. The average molecular weight is 537 g/mol. The molecular weight excluding hydrogens is 508 g/mol. The second-order valence-electron chi connectivity index (χ2n) is 9.54. The summed E-state index contributed by atoms with van der Waals surface area (Å²) in [4.78, 5) is 39.8. The van der Waals surface area contributed by atoms with E-state index < -0.39 is 4.92 Å². The highest BCUT2D eigenvalue weighted by atomic mass is 16.6. The lowest BCUT2D eigenvalue weighted by atomic mass is 9.98. The van der Waals surface area contributed by atoms with Gasteiger partial charge in [-0.1, -0.05) is 24.3 Å². The van der Waals surface area contributed by atoms with Gasteiger partial charge in [0.05, 0.1) is 16.2 Å². The molecule has 5 rings (SSSR count). The monoisotopic (exact) mass is 536 g/mol. The van der Waals surface area contributed by atoms with Gasteiger partial charge in [0.25, 0.3) is 11.6 Å². The molecule has 0 bridgehead atoms. The molecule has 0 unspecified atom stereocenters. The van der Waals surface area contributed by atoms with Gasteiger partial charge in [0.15, 0.2) is 0 Å². The molecule has 1 aromatic heterocycles. The lowest BCUT2D eigenvalue weighted by Crippen LogP contribution is -2.21. The molecule has 0 fully saturated rings. The van der Waals surface area contributed by atoms with Crippen LogP contribution < -0.4 is 16.0 Å². The third kappa shape index (κ3) is 5.60. The van der Waals surface area contributed by atoms with Gasteiger partial charge >= 0.3 is 0 Å². The highest BCUT2D eigenvalue weighted by Gasteiger charge is 2.30. The summed E-state index contributed by atoms with van der Waals surface area (Å²) in [6.45, 7) is 2.09. The van der Waals surface area contributed by atoms with Crippen LogP contribution in [-0.2, 0) is 23.1 Å². The van der Waals surface area contributed by atoms with Crippen molar-refractivity contribution in [1.29, 1.82) is 0 Å². The van der Waals surface area contributed by atoms with Crippen molar-refractivity contribution < 1.29 is 14.5 Å². The average Bonchev–Trinajstić information content (AvgIpc) is 3.52. The normalized spacial score (nSPS) is 13.4. The predicted octanol–water partition coefficient (Wildman–Crippen LogP) is 5.00. The van der Waals surface area contributed by atoms with Crippen LogP contribution in [0.5, 0.6) is 0 Å². The molecular formula is C30H28N6O4. The van der Waals surface area contributed by atoms with Crippen molar-refractivity contribution in [3.05, 3.63) is 106 Å². The number of aryl methyl sites for hydroxylation is 2. The Labute approximate surface area is 230 Å². The van der Waals surface area contributed by atoms with Crippen LogP contribution in [0.4, 0.5) is 17.1 Å². The first-order valence-electron chi connectivity index (χ1n) is 12.8. The van der Waals surface area contributed by atoms with Gasteiger partial charge in [-0.3, -0.25) is 19.7 Å². The fourth-order valence-corrected chi connectivity index (χ4v) is 4.68. The fraction of sp³-hybridized carbons (Fsp3) is 0.167. The molecule has 40 heavy (non-hydrogen) atoms. The molecule has 0 aliphatic carbocycles. The second-order valence-corrected chi connectivity index (χ2v) is 9.54. The molecule has 0 spiro atoms. The molecule has 2 amide bonds. The number of imidazole rings is 1. The van der Waals surface area contributed by atoms with Gasteiger partial charge in [0, 0.05) is 67.5 Å². The highest BCUT2D eigenvalue weighted by Crippen LogP contribution is 2.39. The molecule has 3 N–H and O–H groups in total. The maximum Gasteiger partial charge on any atom is 0.270 e. The van der Waals surface area contributed by atoms with E-state index >= 15 is 0 Å². The standard InChI is InChI=1S/C30H28N6O4/c1-19(37)31-15-3-4-20-5-7-21(8-6-20)28(27-25-18-24(36(39)40)13-14-26(25)34-30(27)38)33-23-11-9-22(10-12-23)29-32-16-17-35(29)2/h5-14,16-18,33H,3-4,15H2,1-2H3,(H,31,37)(H,34,38)/b28-27-. The third-order valence-electron chi connectivity index (χ3n) is 6.70. The molecule has 10 heteroatoms. The van der Waals surface area contributed by atoms with Crippen molar-refractivity contribution in [2.45, 2.75) is 19.8 Å². The molecule has 202 valence electrons. The number of nitro groups is 1. The third-order valence-corrected chi connectivity index (χ3v) is 6.70. The van der Waals surface area contributed by atoms with Gasteiger partial charge < -0.3 is 20.5 Å². The Bertz CT molecular complexity index is 1620. The van der Waals surface area contributed by atoms with Crippen molar-refractivity contribution in [2.75, 3.05) is 17.2 Å². The van der Waals surface area contributed by atoms with Crippen LogP contribution in [0.1, 0.15) is 30.0 Å². The Kier molecular flexibility index (Phi) is 7.41. The number of anilines is 2. The smallest absolute Gasteiger partial charge is 0.270 e. The van der Waals surface area contributed by atoms with Crippen molar-refractivity contribution in [1.82, 2.24) is 14.9 Å². The topological polar surface area (TPSA) is 131 Å². The molecule has 1 aliphatic rings. The Morgan fingerprint density at radius 1 is 1.07 bits per heavy atom. The van der Waals surface area contributed by atoms with E-state index in [0.717, 1.165) is 41.0 Å². The zero-order valence-corrected chi connectivity index (χ0v) is 22.1. The Morgan fingerprint density at radius 2 is 1.82 bits per heavy atom. The number of amides is 2. The van der Waals surface area contributed by atoms with Crippen LogP contribution in [0.25, 0.3) is 22.7 Å². The second kappa shape index (κ2) is 11.2. The Morgan fingerprint density at radius 3 is 2.48 bits per heavy atom. The largest absolute Gasteiger partial charge is 0.356 e. The van der Waals surface area contributed by atoms with Crippen molar-refractivity contribution in [3.63, 3.8) is 0 Å². The number of nitro benzene ring substituents is 1. The minimum absolute atomic E-state index is 0.0546. The van der Waals surface area contributed by atoms with Gasteiger partial charge in [0.1, 0.15) is 5.82 Å². The minimum Gasteiger partial charge on any atom is -0.356 e. The van der Waals surface area contributed by atoms with Crippen LogP contribution >= 0.6 is 0 Å². The van der Waals surface area contributed by atoms with E-state index in [1.54, 1.807) is 12.3 Å². The van der Waals surface area contributed by atoms with Crippen LogP contribution in [0.2, 0.25) is 0 Å². The number of nitrogens with one attached hydrogen (secondary N) is 3. The predicted molar refractivity (Wildman–Crippen MR) is 154 cm³/mol. The fourth-order valence-electron chi connectivity index (χ4n) is 4.68. The summed E-state index contributed by atoms with van der Waals surface area (Å²) in [6.07, 6.45) is 5.20. The molecule has 0 saturated carbocycles. The first-order chi connectivity index (χ1) is 19.3. The van der Waals surface area contributed by atoms with Crippen molar-refractivity contribution in [3.8, 4) is 11.4 Å². The van der Waals surface area contributed by atoms with Crippen LogP contribution in [-0.4, -0.2) is 32.8 Å². The van der Waals surface area contributed by atoms with E-state index in [-0.39, 0.29) is 17.5 Å². The number of carbonyl (C=O) groups excluding carboxylic acids is 2. The number of nitrogens with zero attached hydrogens (tertiary/aromatic N) is 3. The summed E-state index contributed by atoms with van der Waals surface area (Å²) in [5.41, 5.74) is 5.27. The molecule has 2 heterocycles. The Balaban J connectivity index is 1.51. The molecule has 1 aliphatic heterocycles. The number of non-ortho nitro benzene ring substituents is 1. The molecule has 0 saturated heterocycles. The van der Waals surface area contributed by atoms with Gasteiger partial charge in [-0.25, -0.2) is 4.98 Å². The van der Waals surface area contributed by atoms with Gasteiger partial charge in [-0.2, -0.15) is 0 Å². The minimum atomic E-state index is -0.472. The molecule has 3 aromatic carbocycles. The number of aromatic nitrogens is 2. The van der Waals surface area contributed by atoms with Crippen LogP contribution in [0, 0.1) is 10.1 Å². The summed E-state index contributed by atoms with van der Waals surface area (Å²) in [6, 6.07) is 19.9. The van der Waals surface area contributed by atoms with E-state index in [1.807, 2.05) is 66.3 Å². The van der Waals surface area contributed by atoms with Gasteiger partial charge in [-0.15, -0.1) is 0 Å². The number of hydrogen-bond acceptors (Lipinski definition) is 6. The lowest BCUT2D eigenvalue weighted by molar-refractivity contribution is -0.384. The summed E-state index contributed by atoms with van der Waals surface area (Å²) in [7, 11) is 1.93. The number of fused-ring (bicyclic) bond motifs is 1. The summed E-state index contributed by atoms with van der Waals surface area (Å²) in [5, 5.41) is 20.5. The quantitative estimate of drug-likeness (QED) is 0.119. The zero-order chi connectivity index (χ0) is 28.2. The number of benzene rings is 3. The molecule has 0 atom stereocenters. The van der Waals surface area contributed by atoms with Crippen molar-refractivity contribution >= 4 is 40.1 Å². The van der Waals surface area contributed by atoms with Crippen molar-refractivity contribution in [2.24, 2.45) is 7.05 Å². The molecule has 0 radical (unpaired) electrons. The van der Waals surface area contributed by atoms with E-state index in [9.17, 15) is 19.7 Å². The number of carbonyl (C=O) groups is 2. The summed E-state index contributed by atoms with van der Waals surface area (Å²) < 4.78 is 1.93. The zero-order valence-electron chi connectivity index (χ0n) is 22.1. The molecule has 4 aromatic rings. The maximum atomic E-state index is 13.2.